The number of ether oxygens (including phenoxy) is 2. The van der Waals surface area contributed by atoms with Gasteiger partial charge in [0.25, 0.3) is 0 Å². The maximum atomic E-state index is 11.2. The number of esters is 2. The maximum absolute atomic E-state index is 11.2. The van der Waals surface area contributed by atoms with E-state index in [1.807, 2.05) is 0 Å². The van der Waals surface area contributed by atoms with Crippen LogP contribution >= 0.6 is 0 Å². The van der Waals surface area contributed by atoms with Gasteiger partial charge < -0.3 is 14.8 Å². The topological polar surface area (TPSA) is 81.7 Å². The van der Waals surface area contributed by atoms with Crippen molar-refractivity contribution in [3.05, 3.63) is 0 Å². The van der Waals surface area contributed by atoms with Crippen LogP contribution in [0.3, 0.4) is 0 Å². The first-order valence-electron chi connectivity index (χ1n) is 4.04. The van der Waals surface area contributed by atoms with Crippen LogP contribution in [0.5, 0.6) is 0 Å². The Morgan fingerprint density at radius 1 is 1.29 bits per heavy atom. The Bertz CT molecular complexity index is 222. The quantitative estimate of drug-likeness (QED) is 0.472. The number of nitrogens with one attached hydrogen (secondary N) is 1. The van der Waals surface area contributed by atoms with E-state index < -0.39 is 23.8 Å². The summed E-state index contributed by atoms with van der Waals surface area (Å²) >= 11 is 0. The Balaban J connectivity index is 4.63. The first kappa shape index (κ1) is 12.4. The summed E-state index contributed by atoms with van der Waals surface area (Å²) in [5.41, 5.74) is 0. The molecule has 6 nitrogen and oxygen atoms in total. The van der Waals surface area contributed by atoms with Gasteiger partial charge in [-0.2, -0.15) is 0 Å². The van der Waals surface area contributed by atoms with E-state index in [0.717, 1.165) is 7.11 Å². The van der Waals surface area contributed by atoms with Crippen molar-refractivity contribution in [1.82, 2.24) is 5.32 Å². The summed E-state index contributed by atoms with van der Waals surface area (Å²) in [4.78, 5) is 33.3. The molecule has 1 atom stereocenters. The average molecular weight is 203 g/mol. The minimum Gasteiger partial charge on any atom is -0.468 e. The van der Waals surface area contributed by atoms with Gasteiger partial charge in [-0.3, -0.25) is 14.4 Å². The van der Waals surface area contributed by atoms with Gasteiger partial charge in [0.1, 0.15) is 0 Å². The van der Waals surface area contributed by atoms with Crippen molar-refractivity contribution in [3.63, 3.8) is 0 Å². The van der Waals surface area contributed by atoms with Crippen LogP contribution in [0.1, 0.15) is 6.92 Å². The predicted octanol–water partition coefficient (Wildman–Crippen LogP) is -0.915. The highest BCUT2D eigenvalue weighted by atomic mass is 16.5. The Labute approximate surface area is 81.6 Å². The van der Waals surface area contributed by atoms with Crippen molar-refractivity contribution >= 4 is 17.8 Å². The second kappa shape index (κ2) is 5.95. The second-order valence-electron chi connectivity index (χ2n) is 2.32. The first-order valence-corrected chi connectivity index (χ1v) is 4.04. The fraction of sp³-hybridized carbons (Fsp3) is 0.625. The zero-order valence-electron chi connectivity index (χ0n) is 8.33. The molecule has 0 aromatic carbocycles. The maximum Gasteiger partial charge on any atom is 0.330 e. The molecule has 0 aliphatic rings. The molecule has 0 aromatic rings. The lowest BCUT2D eigenvalue weighted by Gasteiger charge is -2.11. The number of amides is 1. The lowest BCUT2D eigenvalue weighted by Crippen LogP contribution is -2.40. The SMILES string of the molecule is CCOC(=O)C(C(=O)NC)C(=O)OC. The number of methoxy groups -OCH3 is 1. The van der Waals surface area contributed by atoms with E-state index >= 15 is 0 Å². The van der Waals surface area contributed by atoms with Crippen molar-refractivity contribution in [3.8, 4) is 0 Å². The Kier molecular flexibility index (Phi) is 5.28. The lowest BCUT2D eigenvalue weighted by molar-refractivity contribution is -0.163. The zero-order valence-corrected chi connectivity index (χ0v) is 8.33. The van der Waals surface area contributed by atoms with Crippen molar-refractivity contribution in [2.75, 3.05) is 20.8 Å². The molecule has 6 heteroatoms. The van der Waals surface area contributed by atoms with E-state index in [0.29, 0.717) is 0 Å². The molecule has 1 amide bonds. The van der Waals surface area contributed by atoms with E-state index in [2.05, 4.69) is 14.8 Å². The molecule has 80 valence electrons. The summed E-state index contributed by atoms with van der Waals surface area (Å²) in [6, 6.07) is 0. The van der Waals surface area contributed by atoms with Gasteiger partial charge in [-0.15, -0.1) is 0 Å². The Hall–Kier alpha value is -1.59. The molecular weight excluding hydrogens is 190 g/mol. The van der Waals surface area contributed by atoms with E-state index in [9.17, 15) is 14.4 Å². The predicted molar refractivity (Wildman–Crippen MR) is 46.2 cm³/mol. The highest BCUT2D eigenvalue weighted by Crippen LogP contribution is 2.02. The molecule has 0 saturated heterocycles. The summed E-state index contributed by atoms with van der Waals surface area (Å²) in [7, 11) is 2.41. The number of carbonyl (C=O) groups is 3. The molecular formula is C8H13NO5. The van der Waals surface area contributed by atoms with Gasteiger partial charge in [-0.05, 0) is 6.92 Å². The normalized spacial score (nSPS) is 11.4. The van der Waals surface area contributed by atoms with Crippen molar-refractivity contribution in [2.24, 2.45) is 5.92 Å². The number of hydrogen-bond acceptors (Lipinski definition) is 5. The molecule has 0 bridgehead atoms. The van der Waals surface area contributed by atoms with Crippen LogP contribution in [0.25, 0.3) is 0 Å². The van der Waals surface area contributed by atoms with E-state index in [-0.39, 0.29) is 6.61 Å². The second-order valence-corrected chi connectivity index (χ2v) is 2.32. The molecule has 1 N–H and O–H groups in total. The van der Waals surface area contributed by atoms with Crippen LogP contribution in [-0.2, 0) is 23.9 Å². The van der Waals surface area contributed by atoms with Gasteiger partial charge in [0.05, 0.1) is 13.7 Å². The molecule has 14 heavy (non-hydrogen) atoms. The molecule has 1 unspecified atom stereocenters. The zero-order chi connectivity index (χ0) is 11.1. The van der Waals surface area contributed by atoms with Crippen LogP contribution in [0.15, 0.2) is 0 Å². The number of carbonyl (C=O) groups excluding carboxylic acids is 3. The van der Waals surface area contributed by atoms with Gasteiger partial charge in [-0.1, -0.05) is 0 Å². The minimum absolute atomic E-state index is 0.101. The van der Waals surface area contributed by atoms with E-state index in [4.69, 9.17) is 0 Å². The summed E-state index contributed by atoms with van der Waals surface area (Å²) < 4.78 is 8.85. The molecule has 0 rings (SSSR count). The van der Waals surface area contributed by atoms with Crippen LogP contribution in [0.4, 0.5) is 0 Å². The molecule has 0 aliphatic heterocycles. The Morgan fingerprint density at radius 2 is 1.86 bits per heavy atom. The minimum atomic E-state index is -1.54. The lowest BCUT2D eigenvalue weighted by atomic mass is 10.1. The van der Waals surface area contributed by atoms with Crippen LogP contribution in [0.2, 0.25) is 0 Å². The highest BCUT2D eigenvalue weighted by Gasteiger charge is 2.35. The van der Waals surface area contributed by atoms with Gasteiger partial charge in [0, 0.05) is 7.05 Å². The summed E-state index contributed by atoms with van der Waals surface area (Å²) in [5, 5.41) is 2.18. The summed E-state index contributed by atoms with van der Waals surface area (Å²) in [5.74, 6) is -4.11. The average Bonchev–Trinajstić information content (AvgIpc) is 2.17. The number of rotatable bonds is 4. The standard InChI is InChI=1S/C8H13NO5/c1-4-14-8(12)5(6(10)9-2)7(11)13-3/h5H,4H2,1-3H3,(H,9,10). The van der Waals surface area contributed by atoms with Crippen molar-refractivity contribution < 1.29 is 23.9 Å². The van der Waals surface area contributed by atoms with Gasteiger partial charge >= 0.3 is 11.9 Å². The largest absolute Gasteiger partial charge is 0.468 e. The van der Waals surface area contributed by atoms with Gasteiger partial charge in [-0.25, -0.2) is 0 Å². The fourth-order valence-electron chi connectivity index (χ4n) is 0.798. The van der Waals surface area contributed by atoms with Crippen molar-refractivity contribution in [1.29, 1.82) is 0 Å². The smallest absolute Gasteiger partial charge is 0.330 e. The third kappa shape index (κ3) is 3.04. The monoisotopic (exact) mass is 203 g/mol. The molecule has 0 aliphatic carbocycles. The molecule has 0 radical (unpaired) electrons. The van der Waals surface area contributed by atoms with E-state index in [1.54, 1.807) is 6.92 Å². The molecule has 0 fully saturated rings. The van der Waals surface area contributed by atoms with Gasteiger partial charge in [0.2, 0.25) is 11.8 Å². The molecule has 0 heterocycles. The molecule has 0 spiro atoms. The molecule has 0 saturated carbocycles. The molecule has 0 aromatic heterocycles. The van der Waals surface area contributed by atoms with Crippen LogP contribution in [-0.4, -0.2) is 38.6 Å². The Morgan fingerprint density at radius 3 is 2.21 bits per heavy atom. The fourth-order valence-corrected chi connectivity index (χ4v) is 0.798. The number of hydrogen-bond donors (Lipinski definition) is 1. The highest BCUT2D eigenvalue weighted by molar-refractivity contribution is 6.14. The van der Waals surface area contributed by atoms with Crippen LogP contribution < -0.4 is 5.32 Å². The van der Waals surface area contributed by atoms with Crippen LogP contribution in [0, 0.1) is 5.92 Å². The third-order valence-corrected chi connectivity index (χ3v) is 1.47. The van der Waals surface area contributed by atoms with E-state index in [1.165, 1.54) is 7.05 Å². The van der Waals surface area contributed by atoms with Crippen molar-refractivity contribution in [2.45, 2.75) is 6.92 Å². The van der Waals surface area contributed by atoms with Gasteiger partial charge in [0.15, 0.2) is 0 Å². The summed E-state index contributed by atoms with van der Waals surface area (Å²) in [6.07, 6.45) is 0. The third-order valence-electron chi connectivity index (χ3n) is 1.47. The first-order chi connectivity index (χ1) is 6.58. The summed E-state index contributed by atoms with van der Waals surface area (Å²) in [6.45, 7) is 1.68.